The van der Waals surface area contributed by atoms with Crippen molar-refractivity contribution in [2.75, 3.05) is 7.05 Å². The number of rotatable bonds is 7. The van der Waals surface area contributed by atoms with Gasteiger partial charge in [-0.25, -0.2) is 4.39 Å². The molecule has 0 fully saturated rings. The van der Waals surface area contributed by atoms with Crippen LogP contribution in [-0.4, -0.2) is 23.0 Å². The number of benzene rings is 2. The molecule has 0 spiro atoms. The normalized spacial score (nSPS) is 11.9. The summed E-state index contributed by atoms with van der Waals surface area (Å²) in [5.74, 6) is 1.18. The van der Waals surface area contributed by atoms with Crippen LogP contribution in [-0.2, 0) is 17.8 Å². The first kappa shape index (κ1) is 20.6. The second-order valence-electron chi connectivity index (χ2n) is 7.14. The summed E-state index contributed by atoms with van der Waals surface area (Å²) in [5, 5.41) is 3.92. The van der Waals surface area contributed by atoms with Gasteiger partial charge in [0.25, 0.3) is 0 Å². The van der Waals surface area contributed by atoms with Crippen molar-refractivity contribution in [1.82, 2.24) is 10.1 Å². The molecule has 0 radical (unpaired) electrons. The number of likely N-dealkylation sites (N-methyl/N-ethyl adjacent to an activating group) is 1. The maximum Gasteiger partial charge on any atom is 0.227 e. The number of carbonyl (C=O) groups is 1. The molecule has 0 bridgehead atoms. The Morgan fingerprint density at radius 1 is 1.14 bits per heavy atom. The number of halogens is 1. The van der Waals surface area contributed by atoms with E-state index in [4.69, 9.17) is 9.26 Å². The van der Waals surface area contributed by atoms with Crippen LogP contribution in [0.15, 0.2) is 53.1 Å². The second kappa shape index (κ2) is 8.90. The predicted octanol–water partition coefficient (Wildman–Crippen LogP) is 4.77. The zero-order valence-electron chi connectivity index (χ0n) is 17.1. The summed E-state index contributed by atoms with van der Waals surface area (Å²) >= 11 is 0. The van der Waals surface area contributed by atoms with Gasteiger partial charge in [0.05, 0.1) is 23.7 Å². The molecule has 1 amide bonds. The highest BCUT2D eigenvalue weighted by molar-refractivity contribution is 5.79. The van der Waals surface area contributed by atoms with Crippen LogP contribution in [0.25, 0.3) is 0 Å². The molecule has 0 aliphatic carbocycles. The van der Waals surface area contributed by atoms with Gasteiger partial charge < -0.3 is 14.2 Å². The minimum absolute atomic E-state index is 0.00813. The van der Waals surface area contributed by atoms with E-state index >= 15 is 0 Å². The number of ether oxygens (including phenoxy) is 1. The fourth-order valence-electron chi connectivity index (χ4n) is 3.05. The Bertz CT molecular complexity index is 945. The number of hydrogen-bond acceptors (Lipinski definition) is 4. The minimum Gasteiger partial charge on any atom is -0.489 e. The lowest BCUT2D eigenvalue weighted by Crippen LogP contribution is -2.30. The fourth-order valence-corrected chi connectivity index (χ4v) is 3.05. The van der Waals surface area contributed by atoms with Crippen molar-refractivity contribution >= 4 is 5.91 Å². The zero-order valence-corrected chi connectivity index (χ0v) is 17.1. The van der Waals surface area contributed by atoms with E-state index < -0.39 is 0 Å². The predicted molar refractivity (Wildman–Crippen MR) is 108 cm³/mol. The summed E-state index contributed by atoms with van der Waals surface area (Å²) in [4.78, 5) is 14.3. The van der Waals surface area contributed by atoms with Crippen LogP contribution >= 0.6 is 0 Å². The molecule has 1 unspecified atom stereocenters. The SMILES string of the molecule is Cc1noc(C)c1COc1ccc(CC(=O)N(C)C(C)c2ccc(F)cc2)cc1. The summed E-state index contributed by atoms with van der Waals surface area (Å²) < 4.78 is 24.0. The molecule has 1 heterocycles. The number of aromatic nitrogens is 1. The van der Waals surface area contributed by atoms with Gasteiger partial charge in [-0.3, -0.25) is 4.79 Å². The number of nitrogens with zero attached hydrogens (tertiary/aromatic N) is 2. The number of carbonyl (C=O) groups excluding carboxylic acids is 1. The van der Waals surface area contributed by atoms with E-state index in [1.54, 1.807) is 24.1 Å². The molecule has 29 heavy (non-hydrogen) atoms. The zero-order chi connectivity index (χ0) is 21.0. The van der Waals surface area contributed by atoms with Gasteiger partial charge in [-0.2, -0.15) is 0 Å². The second-order valence-corrected chi connectivity index (χ2v) is 7.14. The van der Waals surface area contributed by atoms with Gasteiger partial charge in [0.2, 0.25) is 5.91 Å². The summed E-state index contributed by atoms with van der Waals surface area (Å²) in [5.41, 5.74) is 3.56. The molecule has 152 valence electrons. The summed E-state index contributed by atoms with van der Waals surface area (Å²) in [7, 11) is 1.76. The molecule has 1 atom stereocenters. The van der Waals surface area contributed by atoms with Crippen LogP contribution in [0.3, 0.4) is 0 Å². The molecule has 0 aliphatic rings. The van der Waals surface area contributed by atoms with Crippen LogP contribution in [0.1, 0.15) is 41.1 Å². The third kappa shape index (κ3) is 5.02. The smallest absolute Gasteiger partial charge is 0.227 e. The Morgan fingerprint density at radius 3 is 2.38 bits per heavy atom. The van der Waals surface area contributed by atoms with E-state index in [9.17, 15) is 9.18 Å². The van der Waals surface area contributed by atoms with Crippen molar-refractivity contribution in [3.05, 3.63) is 82.5 Å². The van der Waals surface area contributed by atoms with E-state index in [2.05, 4.69) is 5.16 Å². The summed E-state index contributed by atoms with van der Waals surface area (Å²) in [6, 6.07) is 13.6. The molecule has 2 aromatic carbocycles. The largest absolute Gasteiger partial charge is 0.489 e. The van der Waals surface area contributed by atoms with Crippen LogP contribution in [0.4, 0.5) is 4.39 Å². The van der Waals surface area contributed by atoms with Gasteiger partial charge in [0, 0.05) is 7.05 Å². The monoisotopic (exact) mass is 396 g/mol. The average Bonchev–Trinajstić information content (AvgIpc) is 3.04. The van der Waals surface area contributed by atoms with Gasteiger partial charge in [0.15, 0.2) is 0 Å². The third-order valence-electron chi connectivity index (χ3n) is 5.17. The van der Waals surface area contributed by atoms with Crippen LogP contribution < -0.4 is 4.74 Å². The highest BCUT2D eigenvalue weighted by atomic mass is 19.1. The Labute approximate surface area is 170 Å². The quantitative estimate of drug-likeness (QED) is 0.577. The molecule has 1 aromatic heterocycles. The fraction of sp³-hybridized carbons (Fsp3) is 0.304. The van der Waals surface area contributed by atoms with Crippen LogP contribution in [0.5, 0.6) is 5.75 Å². The minimum atomic E-state index is -0.286. The standard InChI is InChI=1S/C23H25FN2O3/c1-15-22(17(3)29-25-15)14-28-21-11-5-18(6-12-21)13-23(27)26(4)16(2)19-7-9-20(24)10-8-19/h5-12,16H,13-14H2,1-4H3. The van der Waals surface area contributed by atoms with Gasteiger partial charge in [-0.15, -0.1) is 0 Å². The highest BCUT2D eigenvalue weighted by Crippen LogP contribution is 2.21. The Morgan fingerprint density at radius 2 is 1.79 bits per heavy atom. The van der Waals surface area contributed by atoms with Gasteiger partial charge in [0.1, 0.15) is 23.9 Å². The van der Waals surface area contributed by atoms with Gasteiger partial charge in [-0.1, -0.05) is 29.4 Å². The third-order valence-corrected chi connectivity index (χ3v) is 5.17. The molecule has 0 saturated carbocycles. The molecular weight excluding hydrogens is 371 g/mol. The van der Waals surface area contributed by atoms with Crippen molar-refractivity contribution in [3.63, 3.8) is 0 Å². The lowest BCUT2D eigenvalue weighted by atomic mass is 10.1. The lowest BCUT2D eigenvalue weighted by molar-refractivity contribution is -0.131. The Hall–Kier alpha value is -3.15. The summed E-state index contributed by atoms with van der Waals surface area (Å²) in [6.45, 7) is 6.05. The van der Waals surface area contributed by atoms with E-state index in [0.29, 0.717) is 12.4 Å². The van der Waals surface area contributed by atoms with Crippen molar-refractivity contribution in [2.24, 2.45) is 0 Å². The van der Waals surface area contributed by atoms with Crippen molar-refractivity contribution in [3.8, 4) is 5.75 Å². The summed E-state index contributed by atoms with van der Waals surface area (Å²) in [6.07, 6.45) is 0.284. The number of hydrogen-bond donors (Lipinski definition) is 0. The Kier molecular flexibility index (Phi) is 6.32. The average molecular weight is 396 g/mol. The van der Waals surface area contributed by atoms with E-state index in [1.165, 1.54) is 12.1 Å². The molecule has 3 rings (SSSR count). The van der Waals surface area contributed by atoms with Crippen molar-refractivity contribution in [2.45, 2.75) is 39.8 Å². The maximum atomic E-state index is 13.1. The molecule has 0 saturated heterocycles. The highest BCUT2D eigenvalue weighted by Gasteiger charge is 2.18. The van der Waals surface area contributed by atoms with Gasteiger partial charge >= 0.3 is 0 Å². The molecular formula is C23H25FN2O3. The molecule has 0 N–H and O–H groups in total. The maximum absolute atomic E-state index is 13.1. The topological polar surface area (TPSA) is 55.6 Å². The molecule has 6 heteroatoms. The molecule has 0 aliphatic heterocycles. The first-order chi connectivity index (χ1) is 13.8. The molecule has 3 aromatic rings. The Balaban J connectivity index is 1.57. The first-order valence-electron chi connectivity index (χ1n) is 9.49. The lowest BCUT2D eigenvalue weighted by Gasteiger charge is -2.25. The van der Waals surface area contributed by atoms with Crippen LogP contribution in [0, 0.1) is 19.7 Å². The van der Waals surface area contributed by atoms with Gasteiger partial charge in [-0.05, 0) is 56.2 Å². The van der Waals surface area contributed by atoms with E-state index in [0.717, 1.165) is 28.1 Å². The number of aryl methyl sites for hydroxylation is 2. The molecule has 5 nitrogen and oxygen atoms in total. The number of amides is 1. The first-order valence-corrected chi connectivity index (χ1v) is 9.49. The van der Waals surface area contributed by atoms with E-state index in [-0.39, 0.29) is 24.2 Å². The van der Waals surface area contributed by atoms with Crippen molar-refractivity contribution in [1.29, 1.82) is 0 Å². The van der Waals surface area contributed by atoms with Crippen LogP contribution in [0.2, 0.25) is 0 Å². The van der Waals surface area contributed by atoms with Crippen molar-refractivity contribution < 1.29 is 18.4 Å². The van der Waals surface area contributed by atoms with E-state index in [1.807, 2.05) is 45.0 Å².